The van der Waals surface area contributed by atoms with Gasteiger partial charge in [-0.1, -0.05) is 36.4 Å². The second kappa shape index (κ2) is 6.81. The summed E-state index contributed by atoms with van der Waals surface area (Å²) in [4.78, 5) is 0. The predicted octanol–water partition coefficient (Wildman–Crippen LogP) is 2.28. The fourth-order valence-corrected chi connectivity index (χ4v) is 3.26. The van der Waals surface area contributed by atoms with E-state index in [0.29, 0.717) is 17.1 Å². The Morgan fingerprint density at radius 1 is 1.05 bits per heavy atom. The van der Waals surface area contributed by atoms with Crippen LogP contribution < -0.4 is 14.6 Å². The van der Waals surface area contributed by atoms with Gasteiger partial charge in [-0.25, -0.2) is 13.6 Å². The summed E-state index contributed by atoms with van der Waals surface area (Å²) in [7, 11) is -0.648. The van der Waals surface area contributed by atoms with Gasteiger partial charge in [0.25, 0.3) is 0 Å². The topological polar surface area (TPSA) is 78.6 Å². The van der Waals surface area contributed by atoms with Crippen molar-refractivity contribution >= 4 is 10.0 Å². The highest BCUT2D eigenvalue weighted by molar-refractivity contribution is 7.89. The minimum absolute atomic E-state index is 0.232. The zero-order chi connectivity index (χ0) is 16.2. The highest BCUT2D eigenvalue weighted by Crippen LogP contribution is 2.31. The molecule has 0 fully saturated rings. The number of benzene rings is 2. The Labute approximate surface area is 130 Å². The predicted molar refractivity (Wildman–Crippen MR) is 85.5 cm³/mol. The first-order valence-electron chi connectivity index (χ1n) is 6.73. The van der Waals surface area contributed by atoms with E-state index in [1.807, 2.05) is 6.07 Å². The molecule has 2 aromatic rings. The van der Waals surface area contributed by atoms with Gasteiger partial charge in [-0.3, -0.25) is 0 Å². The smallest absolute Gasteiger partial charge is 0.216 e. The van der Waals surface area contributed by atoms with E-state index in [-0.39, 0.29) is 6.42 Å². The van der Waals surface area contributed by atoms with Gasteiger partial charge >= 0.3 is 0 Å². The number of primary sulfonamides is 1. The van der Waals surface area contributed by atoms with Crippen LogP contribution in [0.5, 0.6) is 11.5 Å². The first-order valence-corrected chi connectivity index (χ1v) is 8.34. The quantitative estimate of drug-likeness (QED) is 0.885. The molecule has 1 atom stereocenters. The lowest BCUT2D eigenvalue weighted by molar-refractivity contribution is 0.391. The molecule has 0 aliphatic heterocycles. The summed E-state index contributed by atoms with van der Waals surface area (Å²) in [6.07, 6.45) is 0.232. The Morgan fingerprint density at radius 3 is 2.27 bits per heavy atom. The van der Waals surface area contributed by atoms with Crippen LogP contribution >= 0.6 is 0 Å². The van der Waals surface area contributed by atoms with Crippen LogP contribution in [0.3, 0.4) is 0 Å². The molecule has 0 spiro atoms. The number of nitrogens with two attached hydrogens (primary N) is 1. The number of hydrogen-bond donors (Lipinski definition) is 1. The van der Waals surface area contributed by atoms with Crippen LogP contribution in [0, 0.1) is 0 Å². The minimum Gasteiger partial charge on any atom is -0.497 e. The molecule has 0 aliphatic rings. The molecule has 2 rings (SSSR count). The molecule has 0 saturated carbocycles. The molecule has 0 aliphatic carbocycles. The fourth-order valence-electron chi connectivity index (χ4n) is 2.31. The molecule has 0 saturated heterocycles. The maximum atomic E-state index is 12.0. The lowest BCUT2D eigenvalue weighted by Gasteiger charge is -2.17. The van der Waals surface area contributed by atoms with E-state index < -0.39 is 15.3 Å². The first kappa shape index (κ1) is 16.3. The molecule has 2 aromatic carbocycles. The molecule has 1 unspecified atom stereocenters. The lowest BCUT2D eigenvalue weighted by atomic mass is 10.0. The molecule has 0 heterocycles. The molecule has 0 aromatic heterocycles. The Bertz CT molecular complexity index is 729. The summed E-state index contributed by atoms with van der Waals surface area (Å²) in [5, 5.41) is 4.59. The van der Waals surface area contributed by atoms with Gasteiger partial charge < -0.3 is 9.47 Å². The van der Waals surface area contributed by atoms with Crippen molar-refractivity contribution in [2.24, 2.45) is 5.14 Å². The molecule has 118 valence electrons. The van der Waals surface area contributed by atoms with Gasteiger partial charge in [0.15, 0.2) is 0 Å². The van der Waals surface area contributed by atoms with Crippen molar-refractivity contribution in [2.45, 2.75) is 11.7 Å². The monoisotopic (exact) mass is 321 g/mol. The summed E-state index contributed by atoms with van der Waals surface area (Å²) < 4.78 is 34.4. The van der Waals surface area contributed by atoms with Crippen molar-refractivity contribution in [1.29, 1.82) is 0 Å². The molecule has 0 radical (unpaired) electrons. The Kier molecular flexibility index (Phi) is 5.05. The third-order valence-electron chi connectivity index (χ3n) is 3.47. The number of hydrogen-bond acceptors (Lipinski definition) is 4. The minimum atomic E-state index is -3.74. The molecule has 2 N–H and O–H groups in total. The molecule has 5 nitrogen and oxygen atoms in total. The zero-order valence-corrected chi connectivity index (χ0v) is 13.3. The van der Waals surface area contributed by atoms with Crippen molar-refractivity contribution < 1.29 is 17.9 Å². The van der Waals surface area contributed by atoms with Crippen LogP contribution in [0.25, 0.3) is 0 Å². The van der Waals surface area contributed by atoms with Crippen LogP contribution in [-0.2, 0) is 16.4 Å². The molecule has 0 amide bonds. The second-order valence-corrected chi connectivity index (χ2v) is 6.62. The Hall–Kier alpha value is -2.05. The fraction of sp³-hybridized carbons (Fsp3) is 0.250. The van der Waals surface area contributed by atoms with Crippen LogP contribution in [-0.4, -0.2) is 22.6 Å². The van der Waals surface area contributed by atoms with E-state index in [1.165, 1.54) is 7.11 Å². The van der Waals surface area contributed by atoms with Crippen LogP contribution in [0.1, 0.15) is 16.4 Å². The largest absolute Gasteiger partial charge is 0.497 e. The lowest BCUT2D eigenvalue weighted by Crippen LogP contribution is -2.23. The van der Waals surface area contributed by atoms with Crippen LogP contribution in [0.2, 0.25) is 0 Å². The van der Waals surface area contributed by atoms with Crippen molar-refractivity contribution in [3.8, 4) is 11.5 Å². The molecular formula is C16H19NO4S. The second-order valence-electron chi connectivity index (χ2n) is 4.87. The summed E-state index contributed by atoms with van der Waals surface area (Å²) in [5.41, 5.74) is 1.41. The zero-order valence-electron chi connectivity index (χ0n) is 12.5. The van der Waals surface area contributed by atoms with Gasteiger partial charge in [0, 0.05) is 6.07 Å². The molecule has 6 heteroatoms. The third kappa shape index (κ3) is 3.78. The molecular weight excluding hydrogens is 302 g/mol. The standard InChI is InChI=1S/C16H19NO4S/c1-20-14-9-8-13(15(11-14)21-2)10-16(22(17,18)19)12-6-4-3-5-7-12/h3-9,11,16H,10H2,1-2H3,(H2,17,18,19). The number of rotatable bonds is 6. The first-order chi connectivity index (χ1) is 10.5. The van der Waals surface area contributed by atoms with Crippen LogP contribution in [0.15, 0.2) is 48.5 Å². The van der Waals surface area contributed by atoms with E-state index in [2.05, 4.69) is 0 Å². The Balaban J connectivity index is 2.41. The summed E-state index contributed by atoms with van der Waals surface area (Å²) in [5.74, 6) is 1.22. The highest BCUT2D eigenvalue weighted by Gasteiger charge is 2.25. The number of sulfonamides is 1. The summed E-state index contributed by atoms with van der Waals surface area (Å²) in [6.45, 7) is 0. The van der Waals surface area contributed by atoms with Gasteiger partial charge in [0.1, 0.15) is 16.7 Å². The van der Waals surface area contributed by atoms with Crippen molar-refractivity contribution in [2.75, 3.05) is 14.2 Å². The maximum absolute atomic E-state index is 12.0. The highest BCUT2D eigenvalue weighted by atomic mass is 32.2. The van der Waals surface area contributed by atoms with Crippen molar-refractivity contribution in [3.05, 3.63) is 59.7 Å². The molecule has 0 bridgehead atoms. The summed E-state index contributed by atoms with van der Waals surface area (Å²) >= 11 is 0. The van der Waals surface area contributed by atoms with E-state index in [9.17, 15) is 8.42 Å². The maximum Gasteiger partial charge on any atom is 0.216 e. The molecule has 22 heavy (non-hydrogen) atoms. The van der Waals surface area contributed by atoms with Gasteiger partial charge in [-0.15, -0.1) is 0 Å². The normalized spacial score (nSPS) is 12.7. The van der Waals surface area contributed by atoms with Gasteiger partial charge in [-0.05, 0) is 23.6 Å². The van der Waals surface area contributed by atoms with E-state index in [1.54, 1.807) is 49.6 Å². The van der Waals surface area contributed by atoms with E-state index in [4.69, 9.17) is 14.6 Å². The third-order valence-corrected chi connectivity index (χ3v) is 4.70. The summed E-state index contributed by atoms with van der Waals surface area (Å²) in [6, 6.07) is 14.2. The van der Waals surface area contributed by atoms with Crippen LogP contribution in [0.4, 0.5) is 0 Å². The number of methoxy groups -OCH3 is 2. The van der Waals surface area contributed by atoms with E-state index >= 15 is 0 Å². The van der Waals surface area contributed by atoms with E-state index in [0.717, 1.165) is 5.56 Å². The van der Waals surface area contributed by atoms with Gasteiger partial charge in [-0.2, -0.15) is 0 Å². The average molecular weight is 321 g/mol. The van der Waals surface area contributed by atoms with Gasteiger partial charge in [0.2, 0.25) is 10.0 Å². The number of ether oxygens (including phenoxy) is 2. The van der Waals surface area contributed by atoms with Crippen molar-refractivity contribution in [3.63, 3.8) is 0 Å². The SMILES string of the molecule is COc1ccc(CC(c2ccccc2)S(N)(=O)=O)c(OC)c1. The van der Waals surface area contributed by atoms with Gasteiger partial charge in [0.05, 0.1) is 14.2 Å². The average Bonchev–Trinajstić information content (AvgIpc) is 2.52. The Morgan fingerprint density at radius 2 is 1.73 bits per heavy atom. The van der Waals surface area contributed by atoms with Crippen molar-refractivity contribution in [1.82, 2.24) is 0 Å².